The van der Waals surface area contributed by atoms with Gasteiger partial charge in [-0.05, 0) is 12.1 Å². The second kappa shape index (κ2) is 3.73. The number of amides is 1. The Morgan fingerprint density at radius 3 is 2.94 bits per heavy atom. The number of fused-ring (bicyclic) bond motifs is 1. The molecule has 6 nitrogen and oxygen atoms in total. The number of benzene rings is 1. The summed E-state index contributed by atoms with van der Waals surface area (Å²) >= 11 is 0. The number of primary amides is 1. The summed E-state index contributed by atoms with van der Waals surface area (Å²) in [4.78, 5) is 15.0. The minimum absolute atomic E-state index is 0.00943. The van der Waals surface area contributed by atoms with Gasteiger partial charge < -0.3 is 20.8 Å². The van der Waals surface area contributed by atoms with Crippen LogP contribution in [0, 0.1) is 0 Å². The van der Waals surface area contributed by atoms with Gasteiger partial charge >= 0.3 is 0 Å². The van der Waals surface area contributed by atoms with Gasteiger partial charge in [0.25, 0.3) is 0 Å². The van der Waals surface area contributed by atoms with Crippen LogP contribution in [0.2, 0.25) is 0 Å². The summed E-state index contributed by atoms with van der Waals surface area (Å²) in [6.07, 6.45) is 0. The molecule has 1 aromatic heterocycles. The molecule has 84 valence electrons. The molecular weight excluding hydrogens is 208 g/mol. The number of imidazole rings is 1. The van der Waals surface area contributed by atoms with E-state index >= 15 is 0 Å². The molecule has 0 saturated carbocycles. The summed E-state index contributed by atoms with van der Waals surface area (Å²) < 4.78 is 6.71. The summed E-state index contributed by atoms with van der Waals surface area (Å²) in [5, 5.41) is 0. The first-order chi connectivity index (χ1) is 7.63. The zero-order valence-corrected chi connectivity index (χ0v) is 8.80. The van der Waals surface area contributed by atoms with Crippen LogP contribution in [0.4, 0.5) is 5.95 Å². The molecule has 1 heterocycles. The van der Waals surface area contributed by atoms with Gasteiger partial charge in [0.15, 0.2) is 0 Å². The predicted octanol–water partition coefficient (Wildman–Crippen LogP) is 0.112. The van der Waals surface area contributed by atoms with E-state index in [2.05, 4.69) is 4.98 Å². The number of nitrogen functional groups attached to an aromatic ring is 1. The number of methoxy groups -OCH3 is 1. The molecule has 0 saturated heterocycles. The van der Waals surface area contributed by atoms with E-state index < -0.39 is 5.91 Å². The fourth-order valence-electron chi connectivity index (χ4n) is 1.63. The van der Waals surface area contributed by atoms with Crippen LogP contribution in [0.15, 0.2) is 18.2 Å². The number of hydrogen-bond donors (Lipinski definition) is 2. The van der Waals surface area contributed by atoms with Crippen molar-refractivity contribution in [1.29, 1.82) is 0 Å². The van der Waals surface area contributed by atoms with Crippen LogP contribution in [0.1, 0.15) is 0 Å². The number of anilines is 1. The van der Waals surface area contributed by atoms with Gasteiger partial charge in [0, 0.05) is 0 Å². The van der Waals surface area contributed by atoms with Gasteiger partial charge in [0.2, 0.25) is 11.9 Å². The molecule has 1 amide bonds. The Morgan fingerprint density at radius 1 is 1.56 bits per heavy atom. The van der Waals surface area contributed by atoms with Crippen molar-refractivity contribution >= 4 is 22.9 Å². The van der Waals surface area contributed by atoms with Gasteiger partial charge in [-0.15, -0.1) is 0 Å². The van der Waals surface area contributed by atoms with E-state index in [1.165, 1.54) is 0 Å². The zero-order valence-electron chi connectivity index (χ0n) is 8.80. The lowest BCUT2D eigenvalue weighted by Gasteiger charge is -2.03. The van der Waals surface area contributed by atoms with Crippen LogP contribution < -0.4 is 16.2 Å². The Morgan fingerprint density at radius 2 is 2.31 bits per heavy atom. The Labute approximate surface area is 91.8 Å². The third-order valence-corrected chi connectivity index (χ3v) is 2.31. The molecule has 0 aliphatic carbocycles. The summed E-state index contributed by atoms with van der Waals surface area (Å²) in [5.74, 6) is 0.402. The highest BCUT2D eigenvalue weighted by Gasteiger charge is 2.12. The van der Waals surface area contributed by atoms with Crippen molar-refractivity contribution in [2.75, 3.05) is 12.8 Å². The van der Waals surface area contributed by atoms with Crippen molar-refractivity contribution in [2.24, 2.45) is 5.73 Å². The Bertz CT molecular complexity index is 547. The van der Waals surface area contributed by atoms with Gasteiger partial charge in [-0.1, -0.05) is 6.07 Å². The number of aromatic nitrogens is 2. The second-order valence-electron chi connectivity index (χ2n) is 3.35. The maximum absolute atomic E-state index is 10.9. The highest BCUT2D eigenvalue weighted by Crippen LogP contribution is 2.26. The average molecular weight is 220 g/mol. The van der Waals surface area contributed by atoms with Crippen molar-refractivity contribution in [3.8, 4) is 5.75 Å². The van der Waals surface area contributed by atoms with E-state index in [1.54, 1.807) is 23.8 Å². The molecule has 0 atom stereocenters. The monoisotopic (exact) mass is 220 g/mol. The van der Waals surface area contributed by atoms with Crippen molar-refractivity contribution in [1.82, 2.24) is 9.55 Å². The first kappa shape index (κ1) is 10.3. The van der Waals surface area contributed by atoms with E-state index in [1.807, 2.05) is 6.07 Å². The third-order valence-electron chi connectivity index (χ3n) is 2.31. The Balaban J connectivity index is 2.66. The predicted molar refractivity (Wildman–Crippen MR) is 59.9 cm³/mol. The zero-order chi connectivity index (χ0) is 11.7. The normalized spacial score (nSPS) is 10.6. The molecule has 0 radical (unpaired) electrons. The molecule has 0 aliphatic heterocycles. The highest BCUT2D eigenvalue weighted by atomic mass is 16.5. The van der Waals surface area contributed by atoms with E-state index in [0.717, 1.165) is 5.52 Å². The third kappa shape index (κ3) is 1.54. The molecule has 2 rings (SSSR count). The molecule has 0 aliphatic rings. The van der Waals surface area contributed by atoms with E-state index in [4.69, 9.17) is 16.2 Å². The van der Waals surface area contributed by atoms with Gasteiger partial charge in [-0.25, -0.2) is 4.98 Å². The smallest absolute Gasteiger partial charge is 0.237 e. The average Bonchev–Trinajstić information content (AvgIpc) is 2.55. The van der Waals surface area contributed by atoms with Crippen LogP contribution in [0.25, 0.3) is 11.0 Å². The van der Waals surface area contributed by atoms with Gasteiger partial charge in [0.1, 0.15) is 17.8 Å². The van der Waals surface area contributed by atoms with Gasteiger partial charge in [-0.3, -0.25) is 4.79 Å². The second-order valence-corrected chi connectivity index (χ2v) is 3.35. The minimum Gasteiger partial charge on any atom is -0.494 e. The van der Waals surface area contributed by atoms with Crippen LogP contribution in [0.5, 0.6) is 5.75 Å². The van der Waals surface area contributed by atoms with Crippen molar-refractivity contribution in [3.05, 3.63) is 18.2 Å². The van der Waals surface area contributed by atoms with Crippen LogP contribution in [0.3, 0.4) is 0 Å². The van der Waals surface area contributed by atoms with Crippen LogP contribution in [-0.4, -0.2) is 22.6 Å². The SMILES string of the molecule is COc1cccc2c1nc(N)n2CC(N)=O. The van der Waals surface area contributed by atoms with E-state index in [0.29, 0.717) is 11.3 Å². The van der Waals surface area contributed by atoms with Crippen molar-refractivity contribution in [3.63, 3.8) is 0 Å². The fraction of sp³-hybridized carbons (Fsp3) is 0.200. The Hall–Kier alpha value is -2.24. The lowest BCUT2D eigenvalue weighted by molar-refractivity contribution is -0.118. The molecule has 16 heavy (non-hydrogen) atoms. The number of ether oxygens (including phenoxy) is 1. The molecule has 0 bridgehead atoms. The Kier molecular flexibility index (Phi) is 2.40. The summed E-state index contributed by atoms with van der Waals surface area (Å²) in [6, 6.07) is 5.40. The standard InChI is InChI=1S/C10H12N4O2/c1-16-7-4-2-3-6-9(7)13-10(12)14(6)5-8(11)15/h2-4H,5H2,1H3,(H2,11,15)(H2,12,13). The number of para-hydroxylation sites is 1. The number of carbonyl (C=O) groups is 1. The van der Waals surface area contributed by atoms with Crippen molar-refractivity contribution < 1.29 is 9.53 Å². The molecule has 0 fully saturated rings. The van der Waals surface area contributed by atoms with E-state index in [9.17, 15) is 4.79 Å². The summed E-state index contributed by atoms with van der Waals surface area (Å²) in [6.45, 7) is 0.00943. The molecule has 4 N–H and O–H groups in total. The maximum atomic E-state index is 10.9. The quantitative estimate of drug-likeness (QED) is 0.767. The number of nitrogens with two attached hydrogens (primary N) is 2. The molecule has 2 aromatic rings. The van der Waals surface area contributed by atoms with E-state index in [-0.39, 0.29) is 12.5 Å². The number of nitrogens with zero attached hydrogens (tertiary/aromatic N) is 2. The molecular formula is C10H12N4O2. The molecule has 6 heteroatoms. The highest BCUT2D eigenvalue weighted by molar-refractivity contribution is 5.86. The first-order valence-corrected chi connectivity index (χ1v) is 4.70. The molecule has 1 aromatic carbocycles. The molecule has 0 spiro atoms. The van der Waals surface area contributed by atoms with Gasteiger partial charge in [0.05, 0.1) is 12.6 Å². The van der Waals surface area contributed by atoms with Crippen LogP contribution >= 0.6 is 0 Å². The summed E-state index contributed by atoms with van der Waals surface area (Å²) in [7, 11) is 1.55. The van der Waals surface area contributed by atoms with Crippen molar-refractivity contribution in [2.45, 2.75) is 6.54 Å². The number of carbonyl (C=O) groups excluding carboxylic acids is 1. The maximum Gasteiger partial charge on any atom is 0.237 e. The number of hydrogen-bond acceptors (Lipinski definition) is 4. The molecule has 0 unspecified atom stereocenters. The lowest BCUT2D eigenvalue weighted by atomic mass is 10.3. The van der Waals surface area contributed by atoms with Crippen LogP contribution in [-0.2, 0) is 11.3 Å². The minimum atomic E-state index is -0.464. The topological polar surface area (TPSA) is 96.2 Å². The number of rotatable bonds is 3. The summed E-state index contributed by atoms with van der Waals surface area (Å²) in [5.41, 5.74) is 12.2. The largest absolute Gasteiger partial charge is 0.494 e. The van der Waals surface area contributed by atoms with Gasteiger partial charge in [-0.2, -0.15) is 0 Å². The lowest BCUT2D eigenvalue weighted by Crippen LogP contribution is -2.19. The fourth-order valence-corrected chi connectivity index (χ4v) is 1.63. The first-order valence-electron chi connectivity index (χ1n) is 4.70.